The van der Waals surface area contributed by atoms with Crippen LogP contribution in [0.15, 0.2) is 12.1 Å². The highest BCUT2D eigenvalue weighted by Gasteiger charge is 2.15. The van der Waals surface area contributed by atoms with Crippen molar-refractivity contribution in [1.82, 2.24) is 5.32 Å². The normalized spacial score (nSPS) is 12.9. The first-order chi connectivity index (χ1) is 9.06. The first-order valence-electron chi connectivity index (χ1n) is 5.94. The molecule has 2 rings (SSSR count). The summed E-state index contributed by atoms with van der Waals surface area (Å²) in [5.41, 5.74) is 1.84. The van der Waals surface area contributed by atoms with Crippen molar-refractivity contribution in [2.75, 3.05) is 13.2 Å². The summed E-state index contributed by atoms with van der Waals surface area (Å²) >= 11 is 0. The van der Waals surface area contributed by atoms with Gasteiger partial charge in [0, 0.05) is 6.54 Å². The molecule has 102 valence electrons. The van der Waals surface area contributed by atoms with Gasteiger partial charge in [-0.05, 0) is 30.2 Å². The Kier molecular flexibility index (Phi) is 3.89. The van der Waals surface area contributed by atoms with Gasteiger partial charge >= 0.3 is 5.97 Å². The minimum atomic E-state index is -1.14. The largest absolute Gasteiger partial charge is 0.486 e. The van der Waals surface area contributed by atoms with Crippen molar-refractivity contribution in [1.29, 1.82) is 0 Å². The summed E-state index contributed by atoms with van der Waals surface area (Å²) in [4.78, 5) is 21.7. The molecule has 1 amide bonds. The summed E-state index contributed by atoms with van der Waals surface area (Å²) in [6, 6.07) is 3.66. The zero-order valence-corrected chi connectivity index (χ0v) is 10.6. The van der Waals surface area contributed by atoms with Gasteiger partial charge in [-0.1, -0.05) is 0 Å². The van der Waals surface area contributed by atoms with E-state index in [0.717, 1.165) is 11.1 Å². The molecule has 0 atom stereocenters. The molecular formula is C13H15NO5. The maximum Gasteiger partial charge on any atom is 0.312 e. The molecule has 0 radical (unpaired) electrons. The van der Waals surface area contributed by atoms with Gasteiger partial charge in [0.25, 0.3) is 0 Å². The van der Waals surface area contributed by atoms with E-state index in [-0.39, 0.29) is 6.54 Å². The zero-order chi connectivity index (χ0) is 13.8. The van der Waals surface area contributed by atoms with Crippen LogP contribution in [0.5, 0.6) is 11.5 Å². The molecule has 6 heteroatoms. The van der Waals surface area contributed by atoms with E-state index in [1.807, 2.05) is 19.1 Å². The number of carbonyl (C=O) groups excluding carboxylic acids is 1. The summed E-state index contributed by atoms with van der Waals surface area (Å²) < 4.78 is 10.9. The number of fused-ring (bicyclic) bond motifs is 1. The Morgan fingerprint density at radius 1 is 1.26 bits per heavy atom. The second kappa shape index (κ2) is 5.60. The number of nitrogens with one attached hydrogen (secondary N) is 1. The lowest BCUT2D eigenvalue weighted by Crippen LogP contribution is -2.25. The topological polar surface area (TPSA) is 84.9 Å². The predicted molar refractivity (Wildman–Crippen MR) is 66.3 cm³/mol. The molecule has 0 aliphatic carbocycles. The van der Waals surface area contributed by atoms with E-state index in [4.69, 9.17) is 14.6 Å². The molecule has 1 aromatic carbocycles. The van der Waals surface area contributed by atoms with E-state index in [9.17, 15) is 9.59 Å². The third-order valence-corrected chi connectivity index (χ3v) is 2.79. The number of amides is 1. The second-order valence-electron chi connectivity index (χ2n) is 4.27. The van der Waals surface area contributed by atoms with Gasteiger partial charge in [-0.15, -0.1) is 0 Å². The van der Waals surface area contributed by atoms with Crippen LogP contribution in [-0.4, -0.2) is 30.2 Å². The number of ether oxygens (including phenoxy) is 2. The van der Waals surface area contributed by atoms with E-state index in [2.05, 4.69) is 5.32 Å². The molecule has 1 aliphatic heterocycles. The van der Waals surface area contributed by atoms with Gasteiger partial charge in [-0.25, -0.2) is 0 Å². The first-order valence-corrected chi connectivity index (χ1v) is 5.94. The van der Waals surface area contributed by atoms with E-state index in [0.29, 0.717) is 24.7 Å². The minimum absolute atomic E-state index is 0.272. The van der Waals surface area contributed by atoms with Crippen molar-refractivity contribution in [2.45, 2.75) is 19.9 Å². The van der Waals surface area contributed by atoms with Crippen molar-refractivity contribution in [2.24, 2.45) is 0 Å². The van der Waals surface area contributed by atoms with E-state index in [1.165, 1.54) is 0 Å². The molecular weight excluding hydrogens is 250 g/mol. The molecule has 19 heavy (non-hydrogen) atoms. The average molecular weight is 265 g/mol. The molecule has 0 unspecified atom stereocenters. The van der Waals surface area contributed by atoms with Crippen LogP contribution in [0.25, 0.3) is 0 Å². The van der Waals surface area contributed by atoms with Crippen molar-refractivity contribution >= 4 is 11.9 Å². The van der Waals surface area contributed by atoms with Gasteiger partial charge in [0.15, 0.2) is 11.5 Å². The Morgan fingerprint density at radius 2 is 1.89 bits per heavy atom. The maximum atomic E-state index is 11.3. The quantitative estimate of drug-likeness (QED) is 0.789. The van der Waals surface area contributed by atoms with Gasteiger partial charge in [0.2, 0.25) is 5.91 Å². The second-order valence-corrected chi connectivity index (χ2v) is 4.27. The summed E-state index contributed by atoms with van der Waals surface area (Å²) in [6.07, 6.45) is -0.524. The lowest BCUT2D eigenvalue weighted by molar-refractivity contribution is -0.140. The number of carboxylic acid groups (broad SMARTS) is 1. The molecule has 0 fully saturated rings. The number of benzene rings is 1. The molecule has 2 N–H and O–H groups in total. The van der Waals surface area contributed by atoms with Crippen LogP contribution >= 0.6 is 0 Å². The fraction of sp³-hybridized carbons (Fsp3) is 0.385. The predicted octanol–water partition coefficient (Wildman–Crippen LogP) is 0.857. The fourth-order valence-electron chi connectivity index (χ4n) is 1.82. The van der Waals surface area contributed by atoms with Crippen LogP contribution in [0.2, 0.25) is 0 Å². The summed E-state index contributed by atoms with van der Waals surface area (Å²) in [5.74, 6) is -0.304. The number of hydrogen-bond acceptors (Lipinski definition) is 4. The number of aliphatic carboxylic acids is 1. The van der Waals surface area contributed by atoms with Gasteiger partial charge in [-0.2, -0.15) is 0 Å². The number of aryl methyl sites for hydroxylation is 1. The molecule has 1 aliphatic rings. The molecule has 6 nitrogen and oxygen atoms in total. The zero-order valence-electron chi connectivity index (χ0n) is 10.6. The van der Waals surface area contributed by atoms with Crippen LogP contribution in [0, 0.1) is 6.92 Å². The van der Waals surface area contributed by atoms with Crippen LogP contribution in [0.3, 0.4) is 0 Å². The SMILES string of the molecule is Cc1cc2c(cc1CNC(=O)CC(=O)O)OCCO2. The van der Waals surface area contributed by atoms with Crippen LogP contribution in [0.4, 0.5) is 0 Å². The summed E-state index contributed by atoms with van der Waals surface area (Å²) in [6.45, 7) is 3.20. The smallest absolute Gasteiger partial charge is 0.312 e. The molecule has 1 aromatic rings. The van der Waals surface area contributed by atoms with Crippen molar-refractivity contribution in [3.63, 3.8) is 0 Å². The van der Waals surface area contributed by atoms with Gasteiger partial charge in [0.05, 0.1) is 0 Å². The Hall–Kier alpha value is -2.24. The van der Waals surface area contributed by atoms with E-state index >= 15 is 0 Å². The van der Waals surface area contributed by atoms with Crippen molar-refractivity contribution < 1.29 is 24.2 Å². The lowest BCUT2D eigenvalue weighted by Gasteiger charge is -2.20. The molecule has 0 aromatic heterocycles. The van der Waals surface area contributed by atoms with E-state index in [1.54, 1.807) is 0 Å². The van der Waals surface area contributed by atoms with Gasteiger partial charge in [0.1, 0.15) is 19.6 Å². The van der Waals surface area contributed by atoms with Crippen LogP contribution in [-0.2, 0) is 16.1 Å². The Balaban J connectivity index is 2.04. The van der Waals surface area contributed by atoms with Crippen LogP contribution < -0.4 is 14.8 Å². The monoisotopic (exact) mass is 265 g/mol. The third-order valence-electron chi connectivity index (χ3n) is 2.79. The average Bonchev–Trinajstić information content (AvgIpc) is 2.35. The minimum Gasteiger partial charge on any atom is -0.486 e. The van der Waals surface area contributed by atoms with E-state index < -0.39 is 18.3 Å². The number of rotatable bonds is 4. The van der Waals surface area contributed by atoms with Gasteiger partial charge < -0.3 is 19.9 Å². The number of hydrogen-bond donors (Lipinski definition) is 2. The lowest BCUT2D eigenvalue weighted by atomic mass is 10.1. The van der Waals surface area contributed by atoms with Gasteiger partial charge in [-0.3, -0.25) is 9.59 Å². The fourth-order valence-corrected chi connectivity index (χ4v) is 1.82. The third kappa shape index (κ3) is 3.37. The summed E-state index contributed by atoms with van der Waals surface area (Å²) in [7, 11) is 0. The molecule has 0 saturated heterocycles. The number of carbonyl (C=O) groups is 2. The van der Waals surface area contributed by atoms with Crippen molar-refractivity contribution in [3.05, 3.63) is 23.3 Å². The summed E-state index contributed by atoms with van der Waals surface area (Å²) in [5, 5.41) is 11.1. The highest BCUT2D eigenvalue weighted by Crippen LogP contribution is 2.32. The number of carboxylic acids is 1. The molecule has 0 spiro atoms. The highest BCUT2D eigenvalue weighted by molar-refractivity contribution is 5.93. The Morgan fingerprint density at radius 3 is 2.53 bits per heavy atom. The standard InChI is InChI=1S/C13H15NO5/c1-8-4-10-11(19-3-2-18-10)5-9(8)7-14-12(15)6-13(16)17/h4-5H,2-3,6-7H2,1H3,(H,14,15)(H,16,17). The maximum absolute atomic E-state index is 11.3. The molecule has 0 bridgehead atoms. The van der Waals surface area contributed by atoms with Crippen molar-refractivity contribution in [3.8, 4) is 11.5 Å². The first kappa shape index (κ1) is 13.2. The Bertz CT molecular complexity index is 512. The molecule has 0 saturated carbocycles. The Labute approximate surface area is 110 Å². The molecule has 1 heterocycles. The van der Waals surface area contributed by atoms with Crippen LogP contribution in [0.1, 0.15) is 17.5 Å². The highest BCUT2D eigenvalue weighted by atomic mass is 16.6.